The summed E-state index contributed by atoms with van der Waals surface area (Å²) in [7, 11) is 0. The van der Waals surface area contributed by atoms with Gasteiger partial charge in [0.2, 0.25) is 0 Å². The minimum absolute atomic E-state index is 0.230. The predicted molar refractivity (Wildman–Crippen MR) is 62.1 cm³/mol. The molecule has 0 aliphatic carbocycles. The summed E-state index contributed by atoms with van der Waals surface area (Å²) in [6, 6.07) is 5.61. The Labute approximate surface area is 98.8 Å². The number of hydrogen-bond acceptors (Lipinski definition) is 3. The molecule has 1 aliphatic rings. The summed E-state index contributed by atoms with van der Waals surface area (Å²) < 4.78 is 12.9. The van der Waals surface area contributed by atoms with Gasteiger partial charge in [0, 0.05) is 12.2 Å². The fraction of sp³-hybridized carbons (Fsp3) is 0.417. The normalized spacial score (nSPS) is 24.4. The average molecular weight is 238 g/mol. The molecule has 92 valence electrons. The highest BCUT2D eigenvalue weighted by atomic mass is 19.1. The lowest BCUT2D eigenvalue weighted by atomic mass is 9.93. The van der Waals surface area contributed by atoms with Gasteiger partial charge < -0.3 is 15.7 Å². The van der Waals surface area contributed by atoms with Gasteiger partial charge >= 0.3 is 0 Å². The molecule has 1 fully saturated rings. The van der Waals surface area contributed by atoms with Crippen LogP contribution in [-0.2, 0) is 4.79 Å². The maximum absolute atomic E-state index is 12.9. The van der Waals surface area contributed by atoms with Crippen LogP contribution in [0.1, 0.15) is 12.8 Å². The molecule has 1 aromatic carbocycles. The topological polar surface area (TPSA) is 61.4 Å². The van der Waals surface area contributed by atoms with E-state index in [1.165, 1.54) is 18.2 Å². The van der Waals surface area contributed by atoms with E-state index >= 15 is 0 Å². The number of carbonyl (C=O) groups excluding carboxylic acids is 1. The second kappa shape index (κ2) is 4.81. The first kappa shape index (κ1) is 12.0. The zero-order valence-electron chi connectivity index (χ0n) is 9.37. The summed E-state index contributed by atoms with van der Waals surface area (Å²) in [4.78, 5) is 11.9. The molecule has 1 aliphatic heterocycles. The van der Waals surface area contributed by atoms with Crippen LogP contribution >= 0.6 is 0 Å². The lowest BCUT2D eigenvalue weighted by molar-refractivity contribution is -0.135. The number of benzene rings is 1. The molecular weight excluding hydrogens is 223 g/mol. The number of amides is 1. The number of anilines is 1. The molecule has 4 nitrogen and oxygen atoms in total. The summed E-state index contributed by atoms with van der Waals surface area (Å²) in [5, 5.41) is 15.6. The minimum Gasteiger partial charge on any atom is -0.379 e. The molecular formula is C12H15FN2O2. The Hall–Kier alpha value is -1.46. The van der Waals surface area contributed by atoms with Crippen molar-refractivity contribution in [1.29, 1.82) is 0 Å². The largest absolute Gasteiger partial charge is 0.379 e. The van der Waals surface area contributed by atoms with Gasteiger partial charge in [-0.05, 0) is 37.6 Å². The third kappa shape index (κ3) is 2.81. The summed E-state index contributed by atoms with van der Waals surface area (Å²) in [6.45, 7) is 1.03. The Balaban J connectivity index is 2.05. The number of hydrogen-bond donors (Lipinski definition) is 3. The van der Waals surface area contributed by atoms with Crippen LogP contribution in [0.15, 0.2) is 24.3 Å². The van der Waals surface area contributed by atoms with Gasteiger partial charge in [0.05, 0.1) is 0 Å². The third-order valence-corrected chi connectivity index (χ3v) is 2.87. The molecule has 1 amide bonds. The molecule has 5 heteroatoms. The van der Waals surface area contributed by atoms with E-state index in [4.69, 9.17) is 0 Å². The van der Waals surface area contributed by atoms with Gasteiger partial charge in [-0.3, -0.25) is 4.79 Å². The number of β-amino-alcohol motifs (C(OH)–C–C–N with tert-alkyl or cyclic N) is 1. The molecule has 1 atom stereocenters. The highest BCUT2D eigenvalue weighted by molar-refractivity contribution is 5.97. The second-order valence-corrected chi connectivity index (χ2v) is 4.28. The lowest BCUT2D eigenvalue weighted by Gasteiger charge is -2.31. The van der Waals surface area contributed by atoms with Crippen LogP contribution in [0.5, 0.6) is 0 Å². The van der Waals surface area contributed by atoms with E-state index in [1.54, 1.807) is 6.07 Å². The van der Waals surface area contributed by atoms with Crippen LogP contribution < -0.4 is 10.6 Å². The number of carbonyl (C=O) groups is 1. The number of piperidine rings is 1. The minimum atomic E-state index is -1.40. The van der Waals surface area contributed by atoms with Crippen LogP contribution in [-0.4, -0.2) is 29.7 Å². The van der Waals surface area contributed by atoms with Crippen molar-refractivity contribution in [1.82, 2.24) is 5.32 Å². The van der Waals surface area contributed by atoms with Crippen molar-refractivity contribution >= 4 is 11.6 Å². The van der Waals surface area contributed by atoms with Crippen molar-refractivity contribution in [3.63, 3.8) is 0 Å². The van der Waals surface area contributed by atoms with E-state index in [2.05, 4.69) is 10.6 Å². The Bertz CT molecular complexity index is 417. The van der Waals surface area contributed by atoms with Crippen molar-refractivity contribution in [2.24, 2.45) is 0 Å². The van der Waals surface area contributed by atoms with Crippen molar-refractivity contribution in [3.8, 4) is 0 Å². The Morgan fingerprint density at radius 2 is 2.35 bits per heavy atom. The van der Waals surface area contributed by atoms with Gasteiger partial charge in [0.25, 0.3) is 5.91 Å². The molecule has 0 aromatic heterocycles. The van der Waals surface area contributed by atoms with Crippen LogP contribution in [0.4, 0.5) is 10.1 Å². The SMILES string of the molecule is O=C(Nc1cccc(F)c1)C1(O)CCCNC1. The quantitative estimate of drug-likeness (QED) is 0.716. The van der Waals surface area contributed by atoms with Crippen LogP contribution in [0.25, 0.3) is 0 Å². The number of nitrogens with one attached hydrogen (secondary N) is 2. The van der Waals surface area contributed by atoms with E-state index in [9.17, 15) is 14.3 Å². The molecule has 1 heterocycles. The molecule has 0 bridgehead atoms. The molecule has 0 saturated carbocycles. The van der Waals surface area contributed by atoms with Crippen LogP contribution in [0, 0.1) is 5.82 Å². The van der Waals surface area contributed by atoms with Gasteiger partial charge in [-0.1, -0.05) is 6.07 Å². The summed E-state index contributed by atoms with van der Waals surface area (Å²) in [6.07, 6.45) is 1.16. The fourth-order valence-corrected chi connectivity index (χ4v) is 1.90. The Kier molecular flexibility index (Phi) is 3.40. The first-order valence-electron chi connectivity index (χ1n) is 5.60. The molecule has 1 saturated heterocycles. The number of rotatable bonds is 2. The summed E-state index contributed by atoms with van der Waals surface area (Å²) in [5.74, 6) is -0.910. The first-order valence-corrected chi connectivity index (χ1v) is 5.60. The van der Waals surface area contributed by atoms with Gasteiger partial charge in [-0.2, -0.15) is 0 Å². The standard InChI is InChI=1S/C12H15FN2O2/c13-9-3-1-4-10(7-9)15-11(16)12(17)5-2-6-14-8-12/h1,3-4,7,14,17H,2,5-6,8H2,(H,15,16). The zero-order chi connectivity index (χ0) is 12.3. The highest BCUT2D eigenvalue weighted by Crippen LogP contribution is 2.19. The maximum atomic E-state index is 12.9. The predicted octanol–water partition coefficient (Wildman–Crippen LogP) is 0.879. The monoisotopic (exact) mass is 238 g/mol. The molecule has 1 aromatic rings. The van der Waals surface area contributed by atoms with E-state index in [0.717, 1.165) is 13.0 Å². The van der Waals surface area contributed by atoms with Gasteiger partial charge in [0.1, 0.15) is 5.82 Å². The van der Waals surface area contributed by atoms with E-state index in [-0.39, 0.29) is 6.54 Å². The highest BCUT2D eigenvalue weighted by Gasteiger charge is 2.37. The zero-order valence-corrected chi connectivity index (χ0v) is 9.37. The van der Waals surface area contributed by atoms with Crippen molar-refractivity contribution in [2.45, 2.75) is 18.4 Å². The van der Waals surface area contributed by atoms with Crippen LogP contribution in [0.3, 0.4) is 0 Å². The molecule has 1 unspecified atom stereocenters. The molecule has 2 rings (SSSR count). The van der Waals surface area contributed by atoms with Crippen molar-refractivity contribution < 1.29 is 14.3 Å². The third-order valence-electron chi connectivity index (χ3n) is 2.87. The van der Waals surface area contributed by atoms with Crippen LogP contribution in [0.2, 0.25) is 0 Å². The number of halogens is 1. The van der Waals surface area contributed by atoms with E-state index in [1.807, 2.05) is 0 Å². The fourth-order valence-electron chi connectivity index (χ4n) is 1.90. The average Bonchev–Trinajstić information content (AvgIpc) is 2.30. The van der Waals surface area contributed by atoms with E-state index < -0.39 is 17.3 Å². The van der Waals surface area contributed by atoms with E-state index in [0.29, 0.717) is 12.1 Å². The molecule has 0 spiro atoms. The summed E-state index contributed by atoms with van der Waals surface area (Å²) in [5.41, 5.74) is -1.04. The molecule has 0 radical (unpaired) electrons. The Morgan fingerprint density at radius 1 is 1.53 bits per heavy atom. The van der Waals surface area contributed by atoms with Crippen molar-refractivity contribution in [2.75, 3.05) is 18.4 Å². The molecule has 17 heavy (non-hydrogen) atoms. The van der Waals surface area contributed by atoms with Gasteiger partial charge in [-0.25, -0.2) is 4.39 Å². The van der Waals surface area contributed by atoms with Crippen molar-refractivity contribution in [3.05, 3.63) is 30.1 Å². The Morgan fingerprint density at radius 3 is 3.00 bits per heavy atom. The maximum Gasteiger partial charge on any atom is 0.257 e. The lowest BCUT2D eigenvalue weighted by Crippen LogP contribution is -2.53. The number of aliphatic hydroxyl groups is 1. The molecule has 3 N–H and O–H groups in total. The van der Waals surface area contributed by atoms with Gasteiger partial charge in [0.15, 0.2) is 5.60 Å². The summed E-state index contributed by atoms with van der Waals surface area (Å²) >= 11 is 0. The smallest absolute Gasteiger partial charge is 0.257 e. The first-order chi connectivity index (χ1) is 8.10. The van der Waals surface area contributed by atoms with Gasteiger partial charge in [-0.15, -0.1) is 0 Å². The second-order valence-electron chi connectivity index (χ2n) is 4.28.